The van der Waals surface area contributed by atoms with Crippen molar-refractivity contribution in [2.45, 2.75) is 33.2 Å². The van der Waals surface area contributed by atoms with E-state index in [-0.39, 0.29) is 24.0 Å². The number of nitrogens with one attached hydrogen (secondary N) is 2. The van der Waals surface area contributed by atoms with Crippen LogP contribution in [0.4, 0.5) is 0 Å². The summed E-state index contributed by atoms with van der Waals surface area (Å²) in [5.41, 5.74) is 1.07. The molecule has 8 heteroatoms. The Hall–Kier alpha value is -1.10. The van der Waals surface area contributed by atoms with Gasteiger partial charge in [-0.05, 0) is 33.5 Å². The molecule has 0 atom stereocenters. The highest BCUT2D eigenvalue weighted by Gasteiger charge is 2.04. The van der Waals surface area contributed by atoms with E-state index in [0.29, 0.717) is 39.5 Å². The Kier molecular flexibility index (Phi) is 19.1. The summed E-state index contributed by atoms with van der Waals surface area (Å²) in [7, 11) is 4.08. The fourth-order valence-corrected chi connectivity index (χ4v) is 2.43. The van der Waals surface area contributed by atoms with Crippen molar-refractivity contribution >= 4 is 29.9 Å². The van der Waals surface area contributed by atoms with Crippen LogP contribution in [0.2, 0.25) is 0 Å². The molecule has 0 fully saturated rings. The summed E-state index contributed by atoms with van der Waals surface area (Å²) in [5.74, 6) is 1.67. The van der Waals surface area contributed by atoms with Crippen LogP contribution in [-0.4, -0.2) is 77.6 Å². The smallest absolute Gasteiger partial charge is 0.191 e. The van der Waals surface area contributed by atoms with Crippen LogP contribution in [0.15, 0.2) is 29.3 Å². The van der Waals surface area contributed by atoms with Crippen LogP contribution in [-0.2, 0) is 16.0 Å². The van der Waals surface area contributed by atoms with Crippen LogP contribution in [0.5, 0.6) is 5.75 Å². The molecule has 1 aromatic carbocycles. The van der Waals surface area contributed by atoms with Gasteiger partial charge in [-0.15, -0.1) is 24.0 Å². The molecule has 0 radical (unpaired) electrons. The van der Waals surface area contributed by atoms with Gasteiger partial charge in [0.1, 0.15) is 12.4 Å². The molecule has 0 spiro atoms. The molecule has 0 aliphatic heterocycles. The van der Waals surface area contributed by atoms with Gasteiger partial charge in [0.25, 0.3) is 0 Å². The van der Waals surface area contributed by atoms with E-state index in [1.165, 1.54) is 0 Å². The Morgan fingerprint density at radius 1 is 0.967 bits per heavy atom. The van der Waals surface area contributed by atoms with Gasteiger partial charge in [0.2, 0.25) is 0 Å². The summed E-state index contributed by atoms with van der Waals surface area (Å²) in [5, 5.41) is 6.57. The third-order valence-corrected chi connectivity index (χ3v) is 4.07. The van der Waals surface area contributed by atoms with Crippen molar-refractivity contribution in [3.8, 4) is 5.75 Å². The lowest BCUT2D eigenvalue weighted by Crippen LogP contribution is -2.39. The highest BCUT2D eigenvalue weighted by Crippen LogP contribution is 2.18. The Morgan fingerprint density at radius 3 is 2.40 bits per heavy atom. The number of ether oxygens (including phenoxy) is 3. The number of rotatable bonds is 16. The molecule has 7 nitrogen and oxygen atoms in total. The molecule has 0 aliphatic carbocycles. The van der Waals surface area contributed by atoms with Gasteiger partial charge >= 0.3 is 0 Å². The van der Waals surface area contributed by atoms with Gasteiger partial charge in [-0.3, -0.25) is 0 Å². The molecule has 0 saturated carbocycles. The zero-order chi connectivity index (χ0) is 21.2. The first-order chi connectivity index (χ1) is 14.2. The van der Waals surface area contributed by atoms with E-state index in [0.717, 1.165) is 49.8 Å². The number of hydrogen-bond donors (Lipinski definition) is 2. The highest BCUT2D eigenvalue weighted by atomic mass is 127. The zero-order valence-electron chi connectivity index (χ0n) is 19.1. The first-order valence-corrected chi connectivity index (χ1v) is 10.7. The Morgan fingerprint density at radius 2 is 1.70 bits per heavy atom. The first kappa shape index (κ1) is 28.9. The molecule has 30 heavy (non-hydrogen) atoms. The fraction of sp³-hybridized carbons (Fsp3) is 0.682. The van der Waals surface area contributed by atoms with Crippen molar-refractivity contribution in [2.24, 2.45) is 4.99 Å². The Bertz CT molecular complexity index is 559. The quantitative estimate of drug-likeness (QED) is 0.147. The van der Waals surface area contributed by atoms with Gasteiger partial charge < -0.3 is 29.7 Å². The van der Waals surface area contributed by atoms with E-state index in [4.69, 9.17) is 14.2 Å². The van der Waals surface area contributed by atoms with Crippen LogP contribution in [0.3, 0.4) is 0 Å². The number of hydrogen-bond acceptors (Lipinski definition) is 5. The first-order valence-electron chi connectivity index (χ1n) is 10.7. The number of nitrogens with zero attached hydrogens (tertiary/aromatic N) is 2. The molecule has 1 rings (SSSR count). The molecular weight excluding hydrogens is 495 g/mol. The van der Waals surface area contributed by atoms with Gasteiger partial charge in [-0.2, -0.15) is 0 Å². The lowest BCUT2D eigenvalue weighted by atomic mass is 10.2. The van der Waals surface area contributed by atoms with Crippen molar-refractivity contribution in [1.82, 2.24) is 15.5 Å². The molecule has 0 aromatic heterocycles. The van der Waals surface area contributed by atoms with Crippen LogP contribution >= 0.6 is 24.0 Å². The lowest BCUT2D eigenvalue weighted by Gasteiger charge is -2.14. The van der Waals surface area contributed by atoms with Crippen molar-refractivity contribution in [3.05, 3.63) is 29.8 Å². The summed E-state index contributed by atoms with van der Waals surface area (Å²) in [4.78, 5) is 6.78. The molecule has 2 N–H and O–H groups in total. The van der Waals surface area contributed by atoms with Gasteiger partial charge in [0.15, 0.2) is 5.96 Å². The minimum absolute atomic E-state index is 0. The summed E-state index contributed by atoms with van der Waals surface area (Å²) >= 11 is 0. The van der Waals surface area contributed by atoms with Crippen molar-refractivity contribution in [1.29, 1.82) is 0 Å². The fourth-order valence-electron chi connectivity index (χ4n) is 2.43. The second-order valence-corrected chi connectivity index (χ2v) is 6.96. The third-order valence-electron chi connectivity index (χ3n) is 4.07. The lowest BCUT2D eigenvalue weighted by molar-refractivity contribution is 0.0487. The molecule has 0 bridgehead atoms. The minimum Gasteiger partial charge on any atom is -0.492 e. The second kappa shape index (κ2) is 19.8. The Balaban J connectivity index is 0.00000841. The van der Waals surface area contributed by atoms with E-state index in [2.05, 4.69) is 40.4 Å². The molecule has 0 heterocycles. The van der Waals surface area contributed by atoms with Crippen LogP contribution < -0.4 is 15.4 Å². The van der Waals surface area contributed by atoms with E-state index in [1.807, 2.05) is 32.3 Å². The maximum Gasteiger partial charge on any atom is 0.191 e. The van der Waals surface area contributed by atoms with Crippen molar-refractivity contribution < 1.29 is 14.2 Å². The number of aliphatic imine (C=N–C) groups is 1. The zero-order valence-corrected chi connectivity index (χ0v) is 21.4. The SMILES string of the molecule is CCCCOCCOCCNC(=NCc1ccccc1OCCN(C)C)NCC.I. The van der Waals surface area contributed by atoms with Crippen LogP contribution in [0.1, 0.15) is 32.3 Å². The van der Waals surface area contributed by atoms with Crippen molar-refractivity contribution in [3.63, 3.8) is 0 Å². The van der Waals surface area contributed by atoms with E-state index in [9.17, 15) is 0 Å². The predicted octanol–water partition coefficient (Wildman–Crippen LogP) is 3.13. The average Bonchev–Trinajstić information content (AvgIpc) is 2.71. The molecule has 0 unspecified atom stereocenters. The average molecular weight is 536 g/mol. The normalized spacial score (nSPS) is 11.3. The summed E-state index contributed by atoms with van der Waals surface area (Å²) < 4.78 is 17.0. The summed E-state index contributed by atoms with van der Waals surface area (Å²) in [6.07, 6.45) is 2.26. The minimum atomic E-state index is 0. The number of likely N-dealkylation sites (N-methyl/N-ethyl adjacent to an activating group) is 1. The monoisotopic (exact) mass is 536 g/mol. The van der Waals surface area contributed by atoms with Gasteiger partial charge in [-0.25, -0.2) is 4.99 Å². The molecular formula is C22H41IN4O3. The summed E-state index contributed by atoms with van der Waals surface area (Å²) in [6.45, 7) is 10.5. The molecule has 0 saturated heterocycles. The Labute approximate surface area is 200 Å². The van der Waals surface area contributed by atoms with Gasteiger partial charge in [-0.1, -0.05) is 31.5 Å². The van der Waals surface area contributed by atoms with Gasteiger partial charge in [0, 0.05) is 31.8 Å². The number of halogens is 1. The van der Waals surface area contributed by atoms with E-state index < -0.39 is 0 Å². The third kappa shape index (κ3) is 14.8. The molecule has 0 aliphatic rings. The number of benzene rings is 1. The highest BCUT2D eigenvalue weighted by molar-refractivity contribution is 14.0. The van der Waals surface area contributed by atoms with Crippen LogP contribution in [0, 0.1) is 0 Å². The maximum atomic E-state index is 5.92. The maximum absolute atomic E-state index is 5.92. The molecule has 1 aromatic rings. The standard InChI is InChI=1S/C22H40N4O3.HI/c1-5-7-14-27-17-18-28-15-12-24-22(23-6-2)25-19-20-10-8-9-11-21(20)29-16-13-26(3)4;/h8-11H,5-7,12-19H2,1-4H3,(H2,23,24,25);1H. The number of para-hydroxylation sites is 1. The van der Waals surface area contributed by atoms with Crippen molar-refractivity contribution in [2.75, 3.05) is 66.8 Å². The van der Waals surface area contributed by atoms with Crippen LogP contribution in [0.25, 0.3) is 0 Å². The number of unbranched alkanes of at least 4 members (excludes halogenated alkanes) is 1. The molecule has 0 amide bonds. The predicted molar refractivity (Wildman–Crippen MR) is 135 cm³/mol. The second-order valence-electron chi connectivity index (χ2n) is 6.96. The largest absolute Gasteiger partial charge is 0.492 e. The topological polar surface area (TPSA) is 67.3 Å². The molecule has 174 valence electrons. The number of guanidine groups is 1. The van der Waals surface area contributed by atoms with Gasteiger partial charge in [0.05, 0.1) is 26.4 Å². The summed E-state index contributed by atoms with van der Waals surface area (Å²) in [6, 6.07) is 8.06. The van der Waals surface area contributed by atoms with E-state index >= 15 is 0 Å². The van der Waals surface area contributed by atoms with E-state index in [1.54, 1.807) is 0 Å².